The summed E-state index contributed by atoms with van der Waals surface area (Å²) in [5, 5.41) is 22.7. The lowest BCUT2D eigenvalue weighted by atomic mass is 9.52. The number of fused-ring (bicyclic) bond motifs is 5. The van der Waals surface area contributed by atoms with E-state index in [2.05, 4.69) is 4.98 Å². The fourth-order valence-electron chi connectivity index (χ4n) is 7.73. The van der Waals surface area contributed by atoms with Gasteiger partial charge in [0.25, 0.3) is 0 Å². The molecule has 3 aliphatic carbocycles. The first-order chi connectivity index (χ1) is 21.4. The number of benzene rings is 2. The molecule has 2 saturated carbocycles. The van der Waals surface area contributed by atoms with Crippen LogP contribution in [0.15, 0.2) is 28.7 Å². The summed E-state index contributed by atoms with van der Waals surface area (Å²) in [5.74, 6) is -10.2. The maximum absolute atomic E-state index is 14.5. The Labute approximate surface area is 265 Å². The number of hydrogen-bond acceptors (Lipinski definition) is 11. The Bertz CT molecular complexity index is 1870. The smallest absolute Gasteiger partial charge is 0.235 e. The van der Waals surface area contributed by atoms with Gasteiger partial charge in [-0.2, -0.15) is 0 Å². The Morgan fingerprint density at radius 1 is 1.07 bits per heavy atom. The average molecular weight is 631 g/mol. The zero-order valence-electron chi connectivity index (χ0n) is 26.9. The van der Waals surface area contributed by atoms with E-state index in [1.54, 1.807) is 32.3 Å². The molecule has 3 aromatic rings. The van der Waals surface area contributed by atoms with Gasteiger partial charge in [0.2, 0.25) is 11.8 Å². The summed E-state index contributed by atoms with van der Waals surface area (Å²) in [5.41, 5.74) is 5.52. The minimum absolute atomic E-state index is 0.00389. The van der Waals surface area contributed by atoms with Gasteiger partial charge in [0.05, 0.1) is 23.1 Å². The second-order valence-corrected chi connectivity index (χ2v) is 14.3. The molecule has 0 saturated heterocycles. The number of primary amides is 1. The average Bonchev–Trinajstić information content (AvgIpc) is 3.37. The summed E-state index contributed by atoms with van der Waals surface area (Å²) in [4.78, 5) is 76.0. The summed E-state index contributed by atoms with van der Waals surface area (Å²) in [7, 11) is 6.75. The number of carbonyl (C=O) groups excluding carboxylic acids is 5. The molecule has 2 aromatic carbocycles. The van der Waals surface area contributed by atoms with Crippen LogP contribution in [0.5, 0.6) is 5.75 Å². The van der Waals surface area contributed by atoms with Crippen LogP contribution in [0.1, 0.15) is 48.7 Å². The first kappa shape index (κ1) is 31.6. The Morgan fingerprint density at radius 3 is 2.33 bits per heavy atom. The van der Waals surface area contributed by atoms with Crippen molar-refractivity contribution in [2.45, 2.75) is 50.7 Å². The normalized spacial score (nSPS) is 27.9. The molecule has 12 heteroatoms. The van der Waals surface area contributed by atoms with Crippen molar-refractivity contribution < 1.29 is 38.6 Å². The summed E-state index contributed by atoms with van der Waals surface area (Å²) < 4.78 is 6.22. The number of amides is 1. The van der Waals surface area contributed by atoms with Gasteiger partial charge in [-0.15, -0.1) is 0 Å². The van der Waals surface area contributed by atoms with Crippen molar-refractivity contribution in [3.05, 3.63) is 41.0 Å². The molecule has 6 rings (SSSR count). The summed E-state index contributed by atoms with van der Waals surface area (Å²) >= 11 is 0. The maximum Gasteiger partial charge on any atom is 0.235 e. The minimum Gasteiger partial charge on any atom is -0.507 e. The molecule has 1 amide bonds. The second kappa shape index (κ2) is 10.3. The third-order valence-electron chi connectivity index (χ3n) is 9.99. The highest BCUT2D eigenvalue weighted by molar-refractivity contribution is 6.32. The van der Waals surface area contributed by atoms with Crippen molar-refractivity contribution in [3.63, 3.8) is 0 Å². The number of likely N-dealkylation sites (N-methyl/N-ethyl adjacent to an activating group) is 1. The van der Waals surface area contributed by atoms with Crippen molar-refractivity contribution in [1.29, 1.82) is 0 Å². The van der Waals surface area contributed by atoms with E-state index in [0.29, 0.717) is 22.3 Å². The van der Waals surface area contributed by atoms with Gasteiger partial charge in [0.1, 0.15) is 11.3 Å². The summed E-state index contributed by atoms with van der Waals surface area (Å²) in [6.45, 7) is 6.09. The van der Waals surface area contributed by atoms with E-state index in [0.717, 1.165) is 5.56 Å². The monoisotopic (exact) mass is 630 g/mol. The summed E-state index contributed by atoms with van der Waals surface area (Å²) in [6.07, 6.45) is 0.222. The van der Waals surface area contributed by atoms with E-state index in [1.165, 1.54) is 4.90 Å². The lowest BCUT2D eigenvalue weighted by Gasteiger charge is -2.52. The molecule has 0 bridgehead atoms. The molecular formula is C34H38N4O8. The molecule has 46 heavy (non-hydrogen) atoms. The van der Waals surface area contributed by atoms with E-state index in [-0.39, 0.29) is 41.0 Å². The number of nitrogens with zero attached hydrogens (tertiary/aromatic N) is 3. The van der Waals surface area contributed by atoms with E-state index in [9.17, 15) is 34.2 Å². The fourth-order valence-corrected chi connectivity index (χ4v) is 7.73. The van der Waals surface area contributed by atoms with Crippen LogP contribution in [0.2, 0.25) is 0 Å². The van der Waals surface area contributed by atoms with Gasteiger partial charge >= 0.3 is 0 Å². The zero-order valence-corrected chi connectivity index (χ0v) is 26.9. The van der Waals surface area contributed by atoms with Gasteiger partial charge in [-0.25, -0.2) is 4.98 Å². The van der Waals surface area contributed by atoms with Crippen molar-refractivity contribution in [1.82, 2.24) is 9.88 Å². The highest BCUT2D eigenvalue weighted by atomic mass is 16.4. The van der Waals surface area contributed by atoms with Crippen LogP contribution in [0, 0.1) is 23.7 Å². The zero-order chi connectivity index (χ0) is 33.8. The van der Waals surface area contributed by atoms with E-state index < -0.39 is 64.4 Å². The minimum atomic E-state index is -2.76. The predicted octanol–water partition coefficient (Wildman–Crippen LogP) is 2.04. The Balaban J connectivity index is 1.53. The van der Waals surface area contributed by atoms with Gasteiger partial charge in [0.15, 0.2) is 40.2 Å². The van der Waals surface area contributed by atoms with E-state index in [4.69, 9.17) is 10.2 Å². The molecule has 12 nitrogen and oxygen atoms in total. The van der Waals surface area contributed by atoms with Crippen molar-refractivity contribution in [2.24, 2.45) is 29.4 Å². The number of anilines is 1. The number of nitrogens with two attached hydrogens (primary N) is 1. The number of phenols is 1. The van der Waals surface area contributed by atoms with Crippen LogP contribution in [0.4, 0.5) is 5.69 Å². The van der Waals surface area contributed by atoms with Crippen LogP contribution in [0.3, 0.4) is 0 Å². The maximum atomic E-state index is 14.5. The topological polar surface area (TPSA) is 184 Å². The number of Topliss-reactive ketones (excluding diaryl/α,β-unsaturated/α-hetero) is 4. The number of hydrogen-bond donors (Lipinski definition) is 3. The highest BCUT2D eigenvalue weighted by Gasteiger charge is 2.69. The van der Waals surface area contributed by atoms with Crippen molar-refractivity contribution >= 4 is 45.8 Å². The number of aliphatic hydroxyl groups is 1. The number of rotatable bonds is 4. The lowest BCUT2D eigenvalue weighted by molar-refractivity contribution is -0.181. The van der Waals surface area contributed by atoms with Crippen molar-refractivity contribution in [2.75, 3.05) is 33.1 Å². The fraction of sp³-hybridized carbons (Fsp3) is 0.471. The van der Waals surface area contributed by atoms with Gasteiger partial charge in [-0.05, 0) is 67.6 Å². The first-order valence-electron chi connectivity index (χ1n) is 15.2. The number of oxazole rings is 1. The summed E-state index contributed by atoms with van der Waals surface area (Å²) in [6, 6.07) is 5.79. The number of ketones is 4. The molecule has 2 unspecified atom stereocenters. The van der Waals surface area contributed by atoms with Crippen LogP contribution in [0.25, 0.3) is 22.6 Å². The Morgan fingerprint density at radius 2 is 1.74 bits per heavy atom. The Hall–Kier alpha value is -4.42. The first-order valence-corrected chi connectivity index (χ1v) is 15.2. The van der Waals surface area contributed by atoms with Gasteiger partial charge < -0.3 is 25.3 Å². The molecule has 0 radical (unpaired) electrons. The number of aromatic hydroxyl groups is 1. The molecule has 1 aromatic heterocycles. The molecule has 4 N–H and O–H groups in total. The quantitative estimate of drug-likeness (QED) is 0.359. The largest absolute Gasteiger partial charge is 0.507 e. The molecule has 6 atom stereocenters. The molecule has 2 fully saturated rings. The molecular weight excluding hydrogens is 592 g/mol. The van der Waals surface area contributed by atoms with Crippen LogP contribution in [-0.2, 0) is 31.0 Å². The van der Waals surface area contributed by atoms with Crippen LogP contribution >= 0.6 is 0 Å². The van der Waals surface area contributed by atoms with Crippen LogP contribution in [-0.4, -0.2) is 89.0 Å². The van der Waals surface area contributed by atoms with Crippen LogP contribution < -0.4 is 10.6 Å². The van der Waals surface area contributed by atoms with E-state index >= 15 is 0 Å². The molecule has 0 spiro atoms. The van der Waals surface area contributed by atoms with Gasteiger partial charge in [0, 0.05) is 25.7 Å². The third kappa shape index (κ3) is 4.33. The molecule has 3 aliphatic rings. The lowest BCUT2D eigenvalue weighted by Crippen LogP contribution is -2.74. The molecule has 1 heterocycles. The second-order valence-electron chi connectivity index (χ2n) is 14.3. The van der Waals surface area contributed by atoms with Gasteiger partial charge in [-0.3, -0.25) is 28.9 Å². The van der Waals surface area contributed by atoms with E-state index in [1.807, 2.05) is 45.8 Å². The highest BCUT2D eigenvalue weighted by Crippen LogP contribution is 2.52. The molecule has 242 valence electrons. The predicted molar refractivity (Wildman–Crippen MR) is 167 cm³/mol. The number of carbonyl (C=O) groups is 5. The number of aromatic nitrogens is 1. The molecule has 0 aliphatic heterocycles. The number of phenolic OH excluding ortho intramolecular Hbond substituents is 1. The van der Waals surface area contributed by atoms with Gasteiger partial charge in [-0.1, -0.05) is 26.8 Å². The third-order valence-corrected chi connectivity index (χ3v) is 9.99. The Kier molecular flexibility index (Phi) is 7.06. The SMILES string of the molecule is CN(C)c1cc2nc(-c3cc(C(C)(C)C)ccc3O)oc2c2c1C[C@H]1C[C@H]3[C@H](N(C)C)C(=O)C(C(N)=O)C(=O)[C@@]3(O)C(=O)C1C2=O. The standard InChI is InChI=1S/C34H38N4O8/c1-33(2,3)15-8-9-21(39)17(12-15)32-36-19-13-20(37(4)5)16-10-14-11-18-25(38(6)7)27(41)24(31(35)44)30(43)34(18,45)29(42)22(14)26(40)23(16)28(19)46-32/h8-9,12-14,18,22,24-25,39,45H,10-11H2,1-7H3,(H2,35,44)/t14-,18-,22?,24?,25-,34-/m0/s1. The van der Waals surface area contributed by atoms with Crippen molar-refractivity contribution in [3.8, 4) is 17.2 Å².